The van der Waals surface area contributed by atoms with Crippen LogP contribution in [0.4, 0.5) is 17.1 Å². The van der Waals surface area contributed by atoms with Gasteiger partial charge in [0.2, 0.25) is 5.91 Å². The molecule has 3 aromatic rings. The van der Waals surface area contributed by atoms with E-state index in [-0.39, 0.29) is 38.8 Å². The number of ether oxygens (including phenoxy) is 3. The number of nitrogens with one attached hydrogen (secondary N) is 1. The van der Waals surface area contributed by atoms with Gasteiger partial charge in [-0.15, -0.1) is 0 Å². The van der Waals surface area contributed by atoms with Crippen LogP contribution in [0.25, 0.3) is 0 Å². The molecule has 0 heterocycles. The monoisotopic (exact) mass is 605 g/mol. The van der Waals surface area contributed by atoms with Crippen molar-refractivity contribution in [2.45, 2.75) is 11.8 Å². The maximum absolute atomic E-state index is 13.9. The fourth-order valence-corrected chi connectivity index (χ4v) is 5.34. The molecule has 0 aliphatic rings. The van der Waals surface area contributed by atoms with Crippen LogP contribution in [0.5, 0.6) is 5.75 Å². The van der Waals surface area contributed by atoms with Gasteiger partial charge in [-0.3, -0.25) is 19.2 Å². The van der Waals surface area contributed by atoms with Crippen molar-refractivity contribution in [3.05, 3.63) is 86.4 Å². The van der Waals surface area contributed by atoms with Gasteiger partial charge in [0.15, 0.2) is 0 Å². The molecular formula is C26H24ClN3O10S. The number of anilines is 2. The van der Waals surface area contributed by atoms with Gasteiger partial charge in [0.05, 0.1) is 48.0 Å². The molecule has 0 atom stereocenters. The Kier molecular flexibility index (Phi) is 9.52. The van der Waals surface area contributed by atoms with Gasteiger partial charge >= 0.3 is 11.9 Å². The van der Waals surface area contributed by atoms with Gasteiger partial charge in [0.1, 0.15) is 12.3 Å². The summed E-state index contributed by atoms with van der Waals surface area (Å²) in [5.41, 5.74) is -0.553. The average Bonchev–Trinajstić information content (AvgIpc) is 2.94. The Morgan fingerprint density at radius 1 is 0.951 bits per heavy atom. The topological polar surface area (TPSA) is 171 Å². The van der Waals surface area contributed by atoms with Crippen molar-refractivity contribution in [1.29, 1.82) is 0 Å². The van der Waals surface area contributed by atoms with Crippen molar-refractivity contribution >= 4 is 56.5 Å². The Labute approximate surface area is 239 Å². The van der Waals surface area contributed by atoms with Crippen molar-refractivity contribution < 1.29 is 41.9 Å². The lowest BCUT2D eigenvalue weighted by molar-refractivity contribution is -0.385. The predicted octanol–water partition coefficient (Wildman–Crippen LogP) is 3.97. The van der Waals surface area contributed by atoms with E-state index in [1.165, 1.54) is 62.6 Å². The van der Waals surface area contributed by atoms with Crippen LogP contribution in [-0.4, -0.2) is 59.1 Å². The van der Waals surface area contributed by atoms with Crippen LogP contribution in [0, 0.1) is 17.0 Å². The number of benzene rings is 3. The summed E-state index contributed by atoms with van der Waals surface area (Å²) in [6.07, 6.45) is 0. The summed E-state index contributed by atoms with van der Waals surface area (Å²) in [6.45, 7) is 0.585. The second kappa shape index (κ2) is 12.7. The van der Waals surface area contributed by atoms with Crippen LogP contribution in [0.2, 0.25) is 5.02 Å². The third kappa shape index (κ3) is 6.91. The molecule has 1 amide bonds. The number of amides is 1. The molecule has 0 radical (unpaired) electrons. The third-order valence-electron chi connectivity index (χ3n) is 5.72. The van der Waals surface area contributed by atoms with Gasteiger partial charge < -0.3 is 19.5 Å². The zero-order valence-corrected chi connectivity index (χ0v) is 23.7. The molecule has 13 nitrogen and oxygen atoms in total. The quantitative estimate of drug-likeness (QED) is 0.202. The Bertz CT molecular complexity index is 1610. The average molecular weight is 606 g/mol. The number of carbonyl (C=O) groups excluding carboxylic acids is 3. The van der Waals surface area contributed by atoms with Crippen LogP contribution in [0.1, 0.15) is 26.3 Å². The van der Waals surface area contributed by atoms with E-state index >= 15 is 0 Å². The zero-order chi connectivity index (χ0) is 30.5. The number of nitrogens with zero attached hydrogens (tertiary/aromatic N) is 2. The summed E-state index contributed by atoms with van der Waals surface area (Å²) < 4.78 is 43.0. The lowest BCUT2D eigenvalue weighted by Gasteiger charge is -2.26. The first-order chi connectivity index (χ1) is 19.3. The molecule has 41 heavy (non-hydrogen) atoms. The van der Waals surface area contributed by atoms with Gasteiger partial charge in [-0.05, 0) is 49.4 Å². The minimum atomic E-state index is -4.63. The maximum Gasteiger partial charge on any atom is 0.337 e. The Balaban J connectivity index is 2.11. The summed E-state index contributed by atoms with van der Waals surface area (Å²) in [5, 5.41) is 14.1. The highest BCUT2D eigenvalue weighted by atomic mass is 35.5. The van der Waals surface area contributed by atoms with E-state index in [1.807, 2.05) is 0 Å². The molecule has 0 unspecified atom stereocenters. The fraction of sp³-hybridized carbons (Fsp3) is 0.192. The van der Waals surface area contributed by atoms with Gasteiger partial charge in [-0.2, -0.15) is 0 Å². The normalized spacial score (nSPS) is 10.9. The Morgan fingerprint density at radius 2 is 1.56 bits per heavy atom. The molecule has 0 aliphatic heterocycles. The molecule has 3 rings (SSSR count). The molecule has 0 saturated carbocycles. The second-order valence-electron chi connectivity index (χ2n) is 8.36. The second-order valence-corrected chi connectivity index (χ2v) is 10.7. The van der Waals surface area contributed by atoms with Gasteiger partial charge in [0.25, 0.3) is 15.7 Å². The highest BCUT2D eigenvalue weighted by Crippen LogP contribution is 2.36. The molecule has 15 heteroatoms. The molecule has 1 N–H and O–H groups in total. The first-order valence-electron chi connectivity index (χ1n) is 11.5. The summed E-state index contributed by atoms with van der Waals surface area (Å²) >= 11 is 6.13. The largest absolute Gasteiger partial charge is 0.495 e. The molecule has 3 aromatic carbocycles. The molecule has 0 spiro atoms. The van der Waals surface area contributed by atoms with E-state index in [0.717, 1.165) is 20.3 Å². The summed E-state index contributed by atoms with van der Waals surface area (Å²) in [5.74, 6) is -2.48. The third-order valence-corrected chi connectivity index (χ3v) is 7.71. The minimum Gasteiger partial charge on any atom is -0.495 e. The number of nitro groups is 1. The number of nitro benzene ring substituents is 1. The van der Waals surface area contributed by atoms with E-state index in [2.05, 4.69) is 14.8 Å². The van der Waals surface area contributed by atoms with Gasteiger partial charge in [0, 0.05) is 22.3 Å². The molecular weight excluding hydrogens is 582 g/mol. The lowest BCUT2D eigenvalue weighted by Crippen LogP contribution is -2.38. The SMILES string of the molecule is COC(=O)c1cc(NC(=O)CN(c2cc(Cl)ccc2OC)S(=O)(=O)c2ccc(C)c([N+](=O)[O-])c2)cc(C(=O)OC)c1. The van der Waals surface area contributed by atoms with Crippen molar-refractivity contribution in [3.8, 4) is 5.75 Å². The predicted molar refractivity (Wildman–Crippen MR) is 148 cm³/mol. The Hall–Kier alpha value is -4.69. The summed E-state index contributed by atoms with van der Waals surface area (Å²) in [6, 6.07) is 11.0. The number of aryl methyl sites for hydroxylation is 1. The van der Waals surface area contributed by atoms with Crippen LogP contribution < -0.4 is 14.4 Å². The maximum atomic E-state index is 13.9. The number of hydrogen-bond acceptors (Lipinski definition) is 10. The standard InChI is InChI=1S/C26H24ClN3O10S/c1-15-5-7-20(13-21(15)30(34)35)41(36,37)29(22-12-18(27)6-8-23(22)38-2)14-24(31)28-19-10-16(25(32)39-3)9-17(11-19)26(33)40-4/h5-13H,14H2,1-4H3,(H,28,31). The number of carbonyl (C=O) groups is 3. The number of sulfonamides is 1. The number of rotatable bonds is 10. The molecule has 0 bridgehead atoms. The molecule has 0 aromatic heterocycles. The lowest BCUT2D eigenvalue weighted by atomic mass is 10.1. The summed E-state index contributed by atoms with van der Waals surface area (Å²) in [4.78, 5) is 47.8. The number of hydrogen-bond donors (Lipinski definition) is 1. The highest BCUT2D eigenvalue weighted by Gasteiger charge is 2.31. The van der Waals surface area contributed by atoms with E-state index in [1.54, 1.807) is 0 Å². The highest BCUT2D eigenvalue weighted by molar-refractivity contribution is 7.92. The smallest absolute Gasteiger partial charge is 0.337 e. The molecule has 216 valence electrons. The fourth-order valence-electron chi connectivity index (χ4n) is 3.73. The Morgan fingerprint density at radius 3 is 2.10 bits per heavy atom. The van der Waals surface area contributed by atoms with E-state index < -0.39 is 49.9 Å². The van der Waals surface area contributed by atoms with Gasteiger partial charge in [-0.1, -0.05) is 17.7 Å². The van der Waals surface area contributed by atoms with Crippen LogP contribution in [-0.2, 0) is 24.3 Å². The molecule has 0 saturated heterocycles. The molecule has 0 aliphatic carbocycles. The summed E-state index contributed by atoms with van der Waals surface area (Å²) in [7, 11) is -1.10. The number of methoxy groups -OCH3 is 3. The zero-order valence-electron chi connectivity index (χ0n) is 22.2. The first-order valence-corrected chi connectivity index (χ1v) is 13.4. The van der Waals surface area contributed by atoms with Crippen molar-refractivity contribution in [1.82, 2.24) is 0 Å². The van der Waals surface area contributed by atoms with E-state index in [0.29, 0.717) is 4.31 Å². The van der Waals surface area contributed by atoms with Crippen LogP contribution in [0.15, 0.2) is 59.5 Å². The van der Waals surface area contributed by atoms with Crippen LogP contribution >= 0.6 is 11.6 Å². The van der Waals surface area contributed by atoms with E-state index in [9.17, 15) is 32.9 Å². The minimum absolute atomic E-state index is 0.0352. The number of halogens is 1. The van der Waals surface area contributed by atoms with Crippen molar-refractivity contribution in [3.63, 3.8) is 0 Å². The number of esters is 2. The first kappa shape index (κ1) is 30.8. The van der Waals surface area contributed by atoms with Crippen molar-refractivity contribution in [2.24, 2.45) is 0 Å². The van der Waals surface area contributed by atoms with Gasteiger partial charge in [-0.25, -0.2) is 18.0 Å². The van der Waals surface area contributed by atoms with E-state index in [4.69, 9.17) is 16.3 Å². The van der Waals surface area contributed by atoms with Crippen LogP contribution in [0.3, 0.4) is 0 Å². The molecule has 0 fully saturated rings. The van der Waals surface area contributed by atoms with Crippen molar-refractivity contribution in [2.75, 3.05) is 37.5 Å².